The summed E-state index contributed by atoms with van der Waals surface area (Å²) in [6.45, 7) is 1.78. The molecule has 96 valence electrons. The van der Waals surface area contributed by atoms with Crippen LogP contribution < -0.4 is 4.90 Å². The Morgan fingerprint density at radius 2 is 2.39 bits per heavy atom. The highest BCUT2D eigenvalue weighted by Crippen LogP contribution is 2.26. The van der Waals surface area contributed by atoms with Crippen LogP contribution in [0.5, 0.6) is 0 Å². The zero-order valence-electron chi connectivity index (χ0n) is 10.1. The first-order chi connectivity index (χ1) is 8.78. The number of piperidine rings is 1. The Bertz CT molecular complexity index is 557. The number of hydrogen-bond acceptors (Lipinski definition) is 5. The van der Waals surface area contributed by atoms with E-state index in [1.807, 2.05) is 0 Å². The van der Waals surface area contributed by atoms with E-state index in [2.05, 4.69) is 25.1 Å². The summed E-state index contributed by atoms with van der Waals surface area (Å²) in [5.41, 5.74) is 0.671. The number of nitrogens with one attached hydrogen (secondary N) is 1. The van der Waals surface area contributed by atoms with Crippen LogP contribution in [0.4, 0.5) is 5.82 Å². The van der Waals surface area contributed by atoms with Gasteiger partial charge in [-0.1, -0.05) is 0 Å². The number of fused-ring (bicyclic) bond motifs is 1. The van der Waals surface area contributed by atoms with Crippen molar-refractivity contribution in [3.63, 3.8) is 0 Å². The summed E-state index contributed by atoms with van der Waals surface area (Å²) in [7, 11) is 1.74. The third kappa shape index (κ3) is 2.02. The van der Waals surface area contributed by atoms with Crippen molar-refractivity contribution in [1.82, 2.24) is 20.2 Å². The van der Waals surface area contributed by atoms with Gasteiger partial charge >= 0.3 is 0 Å². The molecule has 1 fully saturated rings. The SMILES string of the molecule is COC1CCCN(c2nc(Cl)nc3[nH]ncc23)C1. The Kier molecular flexibility index (Phi) is 3.05. The van der Waals surface area contributed by atoms with Crippen molar-refractivity contribution >= 4 is 28.5 Å². The number of rotatable bonds is 2. The third-order valence-electron chi connectivity index (χ3n) is 3.27. The van der Waals surface area contributed by atoms with E-state index in [1.165, 1.54) is 0 Å². The van der Waals surface area contributed by atoms with Crippen molar-refractivity contribution in [3.05, 3.63) is 11.5 Å². The number of aromatic nitrogens is 4. The van der Waals surface area contributed by atoms with Crippen LogP contribution in [0, 0.1) is 0 Å². The van der Waals surface area contributed by atoms with Crippen molar-refractivity contribution in [1.29, 1.82) is 0 Å². The van der Waals surface area contributed by atoms with Crippen LogP contribution in [-0.2, 0) is 4.74 Å². The van der Waals surface area contributed by atoms with Gasteiger partial charge in [0.05, 0.1) is 17.7 Å². The average Bonchev–Trinajstić information content (AvgIpc) is 2.85. The largest absolute Gasteiger partial charge is 0.380 e. The van der Waals surface area contributed by atoms with Crippen LogP contribution in [-0.4, -0.2) is 46.5 Å². The summed E-state index contributed by atoms with van der Waals surface area (Å²) in [6.07, 6.45) is 4.14. The predicted molar refractivity (Wildman–Crippen MR) is 68.9 cm³/mol. The molecule has 0 saturated carbocycles. The molecule has 0 bridgehead atoms. The van der Waals surface area contributed by atoms with Gasteiger partial charge in [-0.2, -0.15) is 15.1 Å². The minimum atomic E-state index is 0.237. The van der Waals surface area contributed by atoms with Gasteiger partial charge < -0.3 is 9.64 Å². The van der Waals surface area contributed by atoms with E-state index in [0.717, 1.165) is 37.1 Å². The molecule has 1 atom stereocenters. The van der Waals surface area contributed by atoms with E-state index in [-0.39, 0.29) is 11.4 Å². The third-order valence-corrected chi connectivity index (χ3v) is 3.44. The standard InChI is InChI=1S/C11H14ClN5O/c1-18-7-3-2-4-17(6-7)10-8-5-13-16-9(8)14-11(12)15-10/h5,7H,2-4,6H2,1H3,(H,13,14,15,16). The number of halogens is 1. The fourth-order valence-corrected chi connectivity index (χ4v) is 2.52. The lowest BCUT2D eigenvalue weighted by molar-refractivity contribution is 0.0892. The highest BCUT2D eigenvalue weighted by Gasteiger charge is 2.23. The Morgan fingerprint density at radius 1 is 1.50 bits per heavy atom. The van der Waals surface area contributed by atoms with Crippen molar-refractivity contribution in [3.8, 4) is 0 Å². The number of hydrogen-bond donors (Lipinski definition) is 1. The summed E-state index contributed by atoms with van der Waals surface area (Å²) in [6, 6.07) is 0. The zero-order chi connectivity index (χ0) is 12.5. The number of H-pyrrole nitrogens is 1. The normalized spacial score (nSPS) is 20.6. The average molecular weight is 268 g/mol. The summed E-state index contributed by atoms with van der Waals surface area (Å²) in [5.74, 6) is 0.834. The molecular formula is C11H14ClN5O. The van der Waals surface area contributed by atoms with Gasteiger partial charge in [0.1, 0.15) is 5.82 Å². The van der Waals surface area contributed by atoms with Crippen molar-refractivity contribution in [2.24, 2.45) is 0 Å². The maximum atomic E-state index is 5.94. The maximum Gasteiger partial charge on any atom is 0.226 e. The minimum absolute atomic E-state index is 0.237. The molecule has 0 aliphatic carbocycles. The van der Waals surface area contributed by atoms with Crippen LogP contribution in [0.2, 0.25) is 5.28 Å². The molecule has 1 unspecified atom stereocenters. The highest BCUT2D eigenvalue weighted by molar-refractivity contribution is 6.28. The van der Waals surface area contributed by atoms with Gasteiger partial charge in [0.25, 0.3) is 0 Å². The minimum Gasteiger partial charge on any atom is -0.380 e. The summed E-state index contributed by atoms with van der Waals surface area (Å²) < 4.78 is 5.43. The number of ether oxygens (including phenoxy) is 1. The Morgan fingerprint density at radius 3 is 3.22 bits per heavy atom. The molecule has 6 nitrogen and oxygen atoms in total. The van der Waals surface area contributed by atoms with Gasteiger partial charge in [0.15, 0.2) is 5.65 Å². The molecule has 1 saturated heterocycles. The maximum absolute atomic E-state index is 5.94. The Hall–Kier alpha value is -1.40. The number of anilines is 1. The van der Waals surface area contributed by atoms with Gasteiger partial charge in [-0.15, -0.1) is 0 Å². The molecule has 0 aromatic carbocycles. The first kappa shape index (κ1) is 11.7. The molecule has 0 spiro atoms. The van der Waals surface area contributed by atoms with Gasteiger partial charge in [0.2, 0.25) is 5.28 Å². The summed E-state index contributed by atoms with van der Waals surface area (Å²) >= 11 is 5.94. The Labute approximate surface area is 109 Å². The lowest BCUT2D eigenvalue weighted by Crippen LogP contribution is -2.39. The van der Waals surface area contributed by atoms with Gasteiger partial charge in [-0.05, 0) is 24.4 Å². The molecule has 0 amide bonds. The topological polar surface area (TPSA) is 66.9 Å². The number of nitrogens with zero attached hydrogens (tertiary/aromatic N) is 4. The van der Waals surface area contributed by atoms with E-state index in [9.17, 15) is 0 Å². The molecule has 3 heterocycles. The van der Waals surface area contributed by atoms with Gasteiger partial charge in [0, 0.05) is 20.2 Å². The second-order valence-corrected chi connectivity index (χ2v) is 4.73. The molecule has 0 radical (unpaired) electrons. The molecule has 3 rings (SSSR count). The van der Waals surface area contributed by atoms with Crippen molar-refractivity contribution < 1.29 is 4.74 Å². The lowest BCUT2D eigenvalue weighted by atomic mass is 10.1. The van der Waals surface area contributed by atoms with Crippen LogP contribution in [0.3, 0.4) is 0 Å². The van der Waals surface area contributed by atoms with E-state index >= 15 is 0 Å². The predicted octanol–water partition coefficient (Wildman–Crippen LogP) is 1.62. The number of aromatic amines is 1. The molecule has 1 N–H and O–H groups in total. The fraction of sp³-hybridized carbons (Fsp3) is 0.545. The summed E-state index contributed by atoms with van der Waals surface area (Å²) in [5, 5.41) is 7.95. The molecule has 1 aliphatic heterocycles. The van der Waals surface area contributed by atoms with Gasteiger partial charge in [-0.25, -0.2) is 0 Å². The monoisotopic (exact) mass is 267 g/mol. The van der Waals surface area contributed by atoms with Crippen LogP contribution in [0.15, 0.2) is 6.20 Å². The molecule has 1 aliphatic rings. The summed E-state index contributed by atoms with van der Waals surface area (Å²) in [4.78, 5) is 10.6. The molecule has 7 heteroatoms. The van der Waals surface area contributed by atoms with Gasteiger partial charge in [-0.3, -0.25) is 5.10 Å². The second kappa shape index (κ2) is 4.70. The fourth-order valence-electron chi connectivity index (χ4n) is 2.36. The van der Waals surface area contributed by atoms with E-state index in [4.69, 9.17) is 16.3 Å². The highest BCUT2D eigenvalue weighted by atomic mass is 35.5. The van der Waals surface area contributed by atoms with Crippen LogP contribution in [0.1, 0.15) is 12.8 Å². The van der Waals surface area contributed by atoms with Crippen molar-refractivity contribution in [2.75, 3.05) is 25.1 Å². The smallest absolute Gasteiger partial charge is 0.226 e. The van der Waals surface area contributed by atoms with Crippen LogP contribution >= 0.6 is 11.6 Å². The molecule has 2 aromatic rings. The zero-order valence-corrected chi connectivity index (χ0v) is 10.8. The first-order valence-corrected chi connectivity index (χ1v) is 6.30. The van der Waals surface area contributed by atoms with Crippen LogP contribution in [0.25, 0.3) is 11.0 Å². The lowest BCUT2D eigenvalue weighted by Gasteiger charge is -2.32. The second-order valence-electron chi connectivity index (χ2n) is 4.39. The van der Waals surface area contributed by atoms with Crippen molar-refractivity contribution in [2.45, 2.75) is 18.9 Å². The van der Waals surface area contributed by atoms with E-state index in [1.54, 1.807) is 13.3 Å². The van der Waals surface area contributed by atoms with E-state index in [0.29, 0.717) is 5.65 Å². The molecule has 18 heavy (non-hydrogen) atoms. The van der Waals surface area contributed by atoms with E-state index < -0.39 is 0 Å². The molecule has 2 aromatic heterocycles. The number of methoxy groups -OCH3 is 1. The first-order valence-electron chi connectivity index (χ1n) is 5.92. The Balaban J connectivity index is 2.00. The molecular weight excluding hydrogens is 254 g/mol. The quantitative estimate of drug-likeness (QED) is 0.838.